The number of nitrogens with zero attached hydrogens (tertiary/aromatic N) is 2. The molecule has 1 heterocycles. The van der Waals surface area contributed by atoms with Crippen molar-refractivity contribution >= 4 is 5.91 Å². The van der Waals surface area contributed by atoms with Gasteiger partial charge in [0.05, 0.1) is 0 Å². The fourth-order valence-corrected chi connectivity index (χ4v) is 3.27. The molecule has 2 unspecified atom stereocenters. The molecule has 2 N–H and O–H groups in total. The Morgan fingerprint density at radius 1 is 1.29 bits per heavy atom. The lowest BCUT2D eigenvalue weighted by Crippen LogP contribution is -2.52. The first-order valence-corrected chi connectivity index (χ1v) is 6.87. The van der Waals surface area contributed by atoms with E-state index >= 15 is 0 Å². The van der Waals surface area contributed by atoms with Gasteiger partial charge < -0.3 is 10.6 Å². The Morgan fingerprint density at radius 2 is 1.94 bits per heavy atom. The Kier molecular flexibility index (Phi) is 4.05. The smallest absolute Gasteiger partial charge is 0.241 e. The second kappa shape index (κ2) is 5.36. The first-order chi connectivity index (χ1) is 8.15. The van der Waals surface area contributed by atoms with E-state index in [1.807, 2.05) is 7.05 Å². The van der Waals surface area contributed by atoms with Crippen molar-refractivity contribution in [1.82, 2.24) is 9.80 Å². The third kappa shape index (κ3) is 2.47. The Morgan fingerprint density at radius 3 is 2.53 bits per heavy atom. The van der Waals surface area contributed by atoms with Crippen LogP contribution in [0.25, 0.3) is 0 Å². The van der Waals surface area contributed by atoms with Crippen LogP contribution < -0.4 is 5.73 Å². The van der Waals surface area contributed by atoms with Gasteiger partial charge in [0.15, 0.2) is 0 Å². The predicted octanol–water partition coefficient (Wildman–Crippen LogP) is 0.809. The third-order valence-corrected chi connectivity index (χ3v) is 4.39. The second-order valence-corrected chi connectivity index (χ2v) is 5.55. The van der Waals surface area contributed by atoms with Crippen LogP contribution in [-0.2, 0) is 4.79 Å². The highest BCUT2D eigenvalue weighted by atomic mass is 16.2. The summed E-state index contributed by atoms with van der Waals surface area (Å²) in [6.07, 6.45) is 5.96. The topological polar surface area (TPSA) is 49.6 Å². The van der Waals surface area contributed by atoms with Crippen LogP contribution in [0.4, 0.5) is 0 Å². The van der Waals surface area contributed by atoms with Gasteiger partial charge in [-0.15, -0.1) is 0 Å². The first-order valence-electron chi connectivity index (χ1n) is 6.87. The van der Waals surface area contributed by atoms with Gasteiger partial charge in [-0.2, -0.15) is 0 Å². The van der Waals surface area contributed by atoms with Crippen molar-refractivity contribution in [2.45, 2.75) is 57.2 Å². The van der Waals surface area contributed by atoms with Crippen LogP contribution in [0.3, 0.4) is 0 Å². The van der Waals surface area contributed by atoms with Gasteiger partial charge in [-0.1, -0.05) is 12.8 Å². The predicted molar refractivity (Wildman–Crippen MR) is 68.7 cm³/mol. The summed E-state index contributed by atoms with van der Waals surface area (Å²) >= 11 is 0. The standard InChI is InChI=1S/C13H25N3O/c1-10-7-8-15(2)12(9-14)13(17)16(10)11-5-3-4-6-11/h10-12H,3-9,14H2,1-2H3. The largest absolute Gasteiger partial charge is 0.336 e. The molecule has 4 nitrogen and oxygen atoms in total. The lowest BCUT2D eigenvalue weighted by molar-refractivity contribution is -0.138. The molecule has 2 rings (SSSR count). The number of hydrogen-bond acceptors (Lipinski definition) is 3. The van der Waals surface area contributed by atoms with Crippen molar-refractivity contribution in [1.29, 1.82) is 0 Å². The maximum Gasteiger partial charge on any atom is 0.241 e. The van der Waals surface area contributed by atoms with E-state index < -0.39 is 0 Å². The molecule has 0 radical (unpaired) electrons. The van der Waals surface area contributed by atoms with Crippen LogP contribution >= 0.6 is 0 Å². The van der Waals surface area contributed by atoms with E-state index in [4.69, 9.17) is 5.73 Å². The molecule has 0 aromatic heterocycles. The van der Waals surface area contributed by atoms with Gasteiger partial charge in [-0.3, -0.25) is 9.69 Å². The number of amides is 1. The molecule has 1 saturated carbocycles. The zero-order chi connectivity index (χ0) is 12.4. The van der Waals surface area contributed by atoms with E-state index in [-0.39, 0.29) is 11.9 Å². The number of likely N-dealkylation sites (N-methyl/N-ethyl adjacent to an activating group) is 1. The third-order valence-electron chi connectivity index (χ3n) is 4.39. The molecule has 2 aliphatic rings. The molecule has 98 valence electrons. The molecule has 1 amide bonds. The number of rotatable bonds is 2. The van der Waals surface area contributed by atoms with Crippen LogP contribution in [0.1, 0.15) is 39.0 Å². The molecule has 17 heavy (non-hydrogen) atoms. The lowest BCUT2D eigenvalue weighted by atomic mass is 10.1. The molecule has 0 bridgehead atoms. The average Bonchev–Trinajstić information content (AvgIpc) is 2.77. The van der Waals surface area contributed by atoms with Gasteiger partial charge in [0.1, 0.15) is 6.04 Å². The summed E-state index contributed by atoms with van der Waals surface area (Å²) in [7, 11) is 2.01. The Hall–Kier alpha value is -0.610. The summed E-state index contributed by atoms with van der Waals surface area (Å²) in [6.45, 7) is 3.59. The van der Waals surface area contributed by atoms with Crippen molar-refractivity contribution in [3.8, 4) is 0 Å². The summed E-state index contributed by atoms with van der Waals surface area (Å²) in [5, 5.41) is 0. The van der Waals surface area contributed by atoms with Crippen LogP contribution in [0.5, 0.6) is 0 Å². The molecule has 1 saturated heterocycles. The minimum Gasteiger partial charge on any atom is -0.336 e. The summed E-state index contributed by atoms with van der Waals surface area (Å²) in [4.78, 5) is 16.9. The van der Waals surface area contributed by atoms with Crippen molar-refractivity contribution in [3.05, 3.63) is 0 Å². The molecule has 2 atom stereocenters. The van der Waals surface area contributed by atoms with Crippen molar-refractivity contribution in [2.24, 2.45) is 5.73 Å². The van der Waals surface area contributed by atoms with E-state index in [0.717, 1.165) is 13.0 Å². The quantitative estimate of drug-likeness (QED) is 0.776. The number of hydrogen-bond donors (Lipinski definition) is 1. The average molecular weight is 239 g/mol. The van der Waals surface area contributed by atoms with Gasteiger partial charge >= 0.3 is 0 Å². The summed E-state index contributed by atoms with van der Waals surface area (Å²) in [5.74, 6) is 0.256. The molecule has 0 aromatic rings. The van der Waals surface area contributed by atoms with Crippen molar-refractivity contribution < 1.29 is 4.79 Å². The fraction of sp³-hybridized carbons (Fsp3) is 0.923. The number of carbonyl (C=O) groups excluding carboxylic acids is 1. The Labute approximate surface area is 104 Å². The summed E-state index contributed by atoms with van der Waals surface area (Å²) < 4.78 is 0. The molecule has 0 aromatic carbocycles. The number of carbonyl (C=O) groups is 1. The molecular formula is C13H25N3O. The second-order valence-electron chi connectivity index (χ2n) is 5.55. The van der Waals surface area contributed by atoms with Gasteiger partial charge in [0, 0.05) is 25.2 Å². The van der Waals surface area contributed by atoms with Gasteiger partial charge in [0.2, 0.25) is 5.91 Å². The zero-order valence-corrected chi connectivity index (χ0v) is 11.1. The molecule has 1 aliphatic heterocycles. The number of nitrogens with two attached hydrogens (primary N) is 1. The van der Waals surface area contributed by atoms with Gasteiger partial charge in [-0.25, -0.2) is 0 Å². The maximum absolute atomic E-state index is 12.6. The van der Waals surface area contributed by atoms with E-state index in [2.05, 4.69) is 16.7 Å². The van der Waals surface area contributed by atoms with Crippen molar-refractivity contribution in [2.75, 3.05) is 20.1 Å². The SMILES string of the molecule is CC1CCN(C)C(CN)C(=O)N1C1CCCC1. The van der Waals surface area contributed by atoms with Crippen LogP contribution in [-0.4, -0.2) is 54.0 Å². The van der Waals surface area contributed by atoms with Crippen molar-refractivity contribution in [3.63, 3.8) is 0 Å². The first kappa shape index (κ1) is 12.8. The van der Waals surface area contributed by atoms with Gasteiger partial charge in [-0.05, 0) is 33.2 Å². The van der Waals surface area contributed by atoms with E-state index in [1.165, 1.54) is 25.7 Å². The fourth-order valence-electron chi connectivity index (χ4n) is 3.27. The van der Waals surface area contributed by atoms with Crippen LogP contribution in [0, 0.1) is 0 Å². The van der Waals surface area contributed by atoms with Crippen LogP contribution in [0.15, 0.2) is 0 Å². The van der Waals surface area contributed by atoms with E-state index in [9.17, 15) is 4.79 Å². The summed E-state index contributed by atoms with van der Waals surface area (Å²) in [5.41, 5.74) is 5.77. The van der Waals surface area contributed by atoms with Gasteiger partial charge in [0.25, 0.3) is 0 Å². The minimum atomic E-state index is -0.111. The Balaban J connectivity index is 2.18. The van der Waals surface area contributed by atoms with E-state index in [0.29, 0.717) is 18.6 Å². The summed E-state index contributed by atoms with van der Waals surface area (Å²) in [6, 6.07) is 0.725. The minimum absolute atomic E-state index is 0.111. The highest BCUT2D eigenvalue weighted by Gasteiger charge is 2.37. The molecular weight excluding hydrogens is 214 g/mol. The highest BCUT2D eigenvalue weighted by Crippen LogP contribution is 2.28. The molecule has 1 aliphatic carbocycles. The highest BCUT2D eigenvalue weighted by molar-refractivity contribution is 5.83. The molecule has 0 spiro atoms. The Bertz CT molecular complexity index is 276. The monoisotopic (exact) mass is 239 g/mol. The lowest BCUT2D eigenvalue weighted by Gasteiger charge is -2.35. The van der Waals surface area contributed by atoms with E-state index in [1.54, 1.807) is 0 Å². The maximum atomic E-state index is 12.6. The van der Waals surface area contributed by atoms with Crippen LogP contribution in [0.2, 0.25) is 0 Å². The zero-order valence-electron chi connectivity index (χ0n) is 11.1. The molecule has 2 fully saturated rings. The normalized spacial score (nSPS) is 33.1. The molecule has 4 heteroatoms.